The van der Waals surface area contributed by atoms with E-state index in [0.717, 1.165) is 11.1 Å². The van der Waals surface area contributed by atoms with Gasteiger partial charge in [0.05, 0.1) is 51.0 Å². The number of fused-ring (bicyclic) bond motifs is 1. The maximum atomic E-state index is 12.5. The van der Waals surface area contributed by atoms with E-state index in [0.29, 0.717) is 35.8 Å². The number of ether oxygens (including phenoxy) is 4. The molecule has 9 heteroatoms. The largest absolute Gasteiger partial charge is 0.493 e. The van der Waals surface area contributed by atoms with Crippen LogP contribution in [0, 0.1) is 10.1 Å². The third kappa shape index (κ3) is 3.58. The highest BCUT2D eigenvalue weighted by molar-refractivity contribution is 5.76. The van der Waals surface area contributed by atoms with Crippen molar-refractivity contribution < 1.29 is 28.7 Å². The van der Waals surface area contributed by atoms with Crippen LogP contribution in [0.3, 0.4) is 0 Å². The molecule has 0 radical (unpaired) electrons. The summed E-state index contributed by atoms with van der Waals surface area (Å²) in [5, 5.41) is 11.9. The van der Waals surface area contributed by atoms with Crippen molar-refractivity contribution in [3.8, 4) is 23.0 Å². The SMILES string of the molecule is COc1cc2c(cc1OC)[C@H](c1cc(OC)c(OC)cc1[N+](=O)[O-])N(C(C)=O)CC2. The molecule has 2 aromatic rings. The van der Waals surface area contributed by atoms with Crippen LogP contribution in [0.1, 0.15) is 29.7 Å². The van der Waals surface area contributed by atoms with Crippen molar-refractivity contribution in [2.75, 3.05) is 35.0 Å². The Hall–Kier alpha value is -3.49. The van der Waals surface area contributed by atoms with Gasteiger partial charge >= 0.3 is 0 Å². The van der Waals surface area contributed by atoms with Gasteiger partial charge in [-0.05, 0) is 35.7 Å². The molecule has 2 aromatic carbocycles. The van der Waals surface area contributed by atoms with Gasteiger partial charge in [0.25, 0.3) is 5.69 Å². The fourth-order valence-corrected chi connectivity index (χ4v) is 3.88. The molecule has 0 aromatic heterocycles. The van der Waals surface area contributed by atoms with Crippen molar-refractivity contribution >= 4 is 11.6 Å². The first kappa shape index (κ1) is 21.2. The van der Waals surface area contributed by atoms with Crippen LogP contribution < -0.4 is 18.9 Å². The molecule has 0 N–H and O–H groups in total. The number of benzene rings is 2. The lowest BCUT2D eigenvalue weighted by molar-refractivity contribution is -0.385. The molecule has 0 saturated heterocycles. The Bertz CT molecular complexity index is 990. The lowest BCUT2D eigenvalue weighted by Crippen LogP contribution is -2.39. The number of nitro benzene ring substituents is 1. The van der Waals surface area contributed by atoms with Crippen molar-refractivity contribution in [3.63, 3.8) is 0 Å². The number of hydrogen-bond acceptors (Lipinski definition) is 7. The van der Waals surface area contributed by atoms with E-state index in [1.807, 2.05) is 6.07 Å². The average molecular weight is 416 g/mol. The number of rotatable bonds is 6. The van der Waals surface area contributed by atoms with E-state index in [1.165, 1.54) is 34.3 Å². The minimum atomic E-state index is -0.689. The van der Waals surface area contributed by atoms with Crippen LogP contribution in [0.15, 0.2) is 24.3 Å². The molecule has 0 aliphatic carbocycles. The maximum Gasteiger partial charge on any atom is 0.279 e. The third-order valence-electron chi connectivity index (χ3n) is 5.30. The van der Waals surface area contributed by atoms with Gasteiger partial charge in [-0.25, -0.2) is 0 Å². The first-order valence-electron chi connectivity index (χ1n) is 9.28. The summed E-state index contributed by atoms with van der Waals surface area (Å²) in [6, 6.07) is 5.82. The second-order valence-electron chi connectivity index (χ2n) is 6.79. The number of nitro groups is 1. The van der Waals surface area contributed by atoms with Gasteiger partial charge < -0.3 is 23.8 Å². The highest BCUT2D eigenvalue weighted by Gasteiger charge is 2.37. The first-order valence-corrected chi connectivity index (χ1v) is 9.28. The number of carbonyl (C=O) groups is 1. The molecule has 0 fully saturated rings. The summed E-state index contributed by atoms with van der Waals surface area (Å²) in [6.07, 6.45) is 0.590. The van der Waals surface area contributed by atoms with Crippen molar-refractivity contribution in [3.05, 3.63) is 51.1 Å². The van der Waals surface area contributed by atoms with Crippen LogP contribution in [0.25, 0.3) is 0 Å². The van der Waals surface area contributed by atoms with Crippen LogP contribution >= 0.6 is 0 Å². The summed E-state index contributed by atoms with van der Waals surface area (Å²) in [4.78, 5) is 25.5. The minimum Gasteiger partial charge on any atom is -0.493 e. The monoisotopic (exact) mass is 416 g/mol. The highest BCUT2D eigenvalue weighted by Crippen LogP contribution is 2.46. The molecule has 0 saturated carbocycles. The zero-order valence-corrected chi connectivity index (χ0v) is 17.6. The molecule has 0 unspecified atom stereocenters. The summed E-state index contributed by atoms with van der Waals surface area (Å²) in [5.41, 5.74) is 1.84. The molecular formula is C21H24N2O7. The Morgan fingerprint density at radius 1 is 0.933 bits per heavy atom. The van der Waals surface area contributed by atoms with Gasteiger partial charge in [0.2, 0.25) is 5.91 Å². The zero-order valence-electron chi connectivity index (χ0n) is 17.6. The molecule has 0 bridgehead atoms. The van der Waals surface area contributed by atoms with Crippen LogP contribution in [-0.2, 0) is 11.2 Å². The van der Waals surface area contributed by atoms with Gasteiger partial charge in [-0.15, -0.1) is 0 Å². The molecule has 3 rings (SSSR count). The average Bonchev–Trinajstić information content (AvgIpc) is 2.75. The molecule has 160 valence electrons. The van der Waals surface area contributed by atoms with Crippen LogP contribution in [-0.4, -0.2) is 50.7 Å². The van der Waals surface area contributed by atoms with Crippen molar-refractivity contribution in [1.82, 2.24) is 4.90 Å². The fraction of sp³-hybridized carbons (Fsp3) is 0.381. The third-order valence-corrected chi connectivity index (χ3v) is 5.30. The van der Waals surface area contributed by atoms with E-state index in [-0.39, 0.29) is 17.3 Å². The smallest absolute Gasteiger partial charge is 0.279 e. The summed E-state index contributed by atoms with van der Waals surface area (Å²) in [6.45, 7) is 1.86. The maximum absolute atomic E-state index is 12.5. The lowest BCUT2D eigenvalue weighted by Gasteiger charge is -2.37. The van der Waals surface area contributed by atoms with Gasteiger partial charge in [-0.3, -0.25) is 14.9 Å². The van der Waals surface area contributed by atoms with E-state index >= 15 is 0 Å². The number of methoxy groups -OCH3 is 4. The zero-order chi connectivity index (χ0) is 22.0. The number of amides is 1. The number of carbonyl (C=O) groups excluding carboxylic acids is 1. The van der Waals surface area contributed by atoms with Crippen LogP contribution in [0.5, 0.6) is 23.0 Å². The Morgan fingerprint density at radius 2 is 1.43 bits per heavy atom. The molecule has 1 heterocycles. The Kier molecular flexibility index (Phi) is 6.00. The van der Waals surface area contributed by atoms with Gasteiger partial charge in [-0.2, -0.15) is 0 Å². The molecule has 1 atom stereocenters. The van der Waals surface area contributed by atoms with E-state index in [4.69, 9.17) is 18.9 Å². The second kappa shape index (κ2) is 8.48. The normalized spacial score (nSPS) is 15.2. The molecular weight excluding hydrogens is 392 g/mol. The molecule has 0 spiro atoms. The predicted molar refractivity (Wildman–Crippen MR) is 109 cm³/mol. The van der Waals surface area contributed by atoms with Crippen LogP contribution in [0.2, 0.25) is 0 Å². The van der Waals surface area contributed by atoms with E-state index < -0.39 is 11.0 Å². The lowest BCUT2D eigenvalue weighted by atomic mass is 9.86. The van der Waals surface area contributed by atoms with E-state index in [1.54, 1.807) is 24.1 Å². The summed E-state index contributed by atoms with van der Waals surface area (Å²) in [7, 11) is 5.93. The highest BCUT2D eigenvalue weighted by atomic mass is 16.6. The van der Waals surface area contributed by atoms with E-state index in [2.05, 4.69) is 0 Å². The van der Waals surface area contributed by atoms with Crippen molar-refractivity contribution in [2.24, 2.45) is 0 Å². The number of hydrogen-bond donors (Lipinski definition) is 0. The van der Waals surface area contributed by atoms with Gasteiger partial charge in [0, 0.05) is 13.5 Å². The molecule has 1 amide bonds. The van der Waals surface area contributed by atoms with Crippen molar-refractivity contribution in [1.29, 1.82) is 0 Å². The van der Waals surface area contributed by atoms with E-state index in [9.17, 15) is 14.9 Å². The fourth-order valence-electron chi connectivity index (χ4n) is 3.88. The molecule has 1 aliphatic rings. The van der Waals surface area contributed by atoms with Crippen LogP contribution in [0.4, 0.5) is 5.69 Å². The first-order chi connectivity index (χ1) is 14.4. The molecule has 1 aliphatic heterocycles. The molecule has 30 heavy (non-hydrogen) atoms. The summed E-state index contributed by atoms with van der Waals surface area (Å²) in [5.74, 6) is 1.44. The number of nitrogens with zero attached hydrogens (tertiary/aromatic N) is 2. The Morgan fingerprint density at radius 3 is 1.93 bits per heavy atom. The van der Waals surface area contributed by atoms with Crippen molar-refractivity contribution in [2.45, 2.75) is 19.4 Å². The predicted octanol–water partition coefficient (Wildman–Crippen LogP) is 3.12. The second-order valence-corrected chi connectivity index (χ2v) is 6.79. The molecule has 9 nitrogen and oxygen atoms in total. The standard InChI is InChI=1S/C21H24N2O7/c1-12(24)22-7-6-13-8-17(27-2)18(28-3)9-14(13)21(22)15-10-19(29-4)20(30-5)11-16(15)23(25)26/h8-11,21H,6-7H2,1-5H3/t21-/m1/s1. The summed E-state index contributed by atoms with van der Waals surface area (Å²) < 4.78 is 21.4. The van der Waals surface area contributed by atoms with Gasteiger partial charge in [0.1, 0.15) is 0 Å². The summed E-state index contributed by atoms with van der Waals surface area (Å²) >= 11 is 0. The quantitative estimate of drug-likeness (QED) is 0.527. The van der Waals surface area contributed by atoms with Gasteiger partial charge in [0.15, 0.2) is 23.0 Å². The van der Waals surface area contributed by atoms with Gasteiger partial charge in [-0.1, -0.05) is 0 Å². The topological polar surface area (TPSA) is 100 Å². The minimum absolute atomic E-state index is 0.161. The Labute approximate surface area is 174 Å². The Balaban J connectivity index is 2.32.